The summed E-state index contributed by atoms with van der Waals surface area (Å²) in [6.45, 7) is 2.55. The molecule has 1 aliphatic carbocycles. The highest BCUT2D eigenvalue weighted by Gasteiger charge is 2.34. The predicted octanol–water partition coefficient (Wildman–Crippen LogP) is 2.47. The summed E-state index contributed by atoms with van der Waals surface area (Å²) in [7, 11) is 0. The van der Waals surface area contributed by atoms with Crippen LogP contribution in [0.25, 0.3) is 0 Å². The first-order chi connectivity index (χ1) is 7.29. The minimum atomic E-state index is -0.580. The average molecular weight is 201 g/mol. The smallest absolute Gasteiger partial charge is 0.158 e. The van der Waals surface area contributed by atoms with Gasteiger partial charge >= 0.3 is 0 Å². The van der Waals surface area contributed by atoms with Crippen LogP contribution in [0.5, 0.6) is 0 Å². The average Bonchev–Trinajstić information content (AvgIpc) is 2.29. The van der Waals surface area contributed by atoms with E-state index in [0.29, 0.717) is 6.61 Å². The van der Waals surface area contributed by atoms with Gasteiger partial charge in [0.15, 0.2) is 5.60 Å². The molecule has 15 heavy (non-hydrogen) atoms. The lowest BCUT2D eigenvalue weighted by atomic mass is 9.81. The van der Waals surface area contributed by atoms with Crippen molar-refractivity contribution in [1.82, 2.24) is 0 Å². The van der Waals surface area contributed by atoms with E-state index in [2.05, 4.69) is 24.3 Å². The Morgan fingerprint density at radius 1 is 1.40 bits per heavy atom. The quantitative estimate of drug-likeness (QED) is 0.736. The van der Waals surface area contributed by atoms with Crippen LogP contribution in [0, 0.1) is 11.3 Å². The van der Waals surface area contributed by atoms with Crippen molar-refractivity contribution in [1.29, 1.82) is 5.26 Å². The Kier molecular flexibility index (Phi) is 2.75. The van der Waals surface area contributed by atoms with E-state index in [-0.39, 0.29) is 0 Å². The number of hydrogen-bond acceptors (Lipinski definition) is 2. The molecule has 0 heterocycles. The van der Waals surface area contributed by atoms with E-state index in [0.717, 1.165) is 19.3 Å². The van der Waals surface area contributed by atoms with E-state index in [9.17, 15) is 5.26 Å². The van der Waals surface area contributed by atoms with Crippen molar-refractivity contribution in [2.45, 2.75) is 31.8 Å². The van der Waals surface area contributed by atoms with Gasteiger partial charge in [-0.15, -0.1) is 0 Å². The van der Waals surface area contributed by atoms with Crippen LogP contribution in [0.3, 0.4) is 0 Å². The van der Waals surface area contributed by atoms with Gasteiger partial charge in [0.25, 0.3) is 0 Å². The largest absolute Gasteiger partial charge is 0.360 e. The van der Waals surface area contributed by atoms with Gasteiger partial charge < -0.3 is 4.74 Å². The topological polar surface area (TPSA) is 33.0 Å². The van der Waals surface area contributed by atoms with Gasteiger partial charge in [-0.3, -0.25) is 0 Å². The van der Waals surface area contributed by atoms with Crippen molar-refractivity contribution in [3.63, 3.8) is 0 Å². The fourth-order valence-electron chi connectivity index (χ4n) is 2.23. The SMILES string of the molecule is CCOC1(C#N)CCc2ccccc2C1. The molecule has 0 amide bonds. The lowest BCUT2D eigenvalue weighted by molar-refractivity contribution is -0.00440. The van der Waals surface area contributed by atoms with Crippen molar-refractivity contribution in [2.75, 3.05) is 6.61 Å². The van der Waals surface area contributed by atoms with Crippen LogP contribution in [-0.4, -0.2) is 12.2 Å². The summed E-state index contributed by atoms with van der Waals surface area (Å²) in [6.07, 6.45) is 2.49. The third-order valence-electron chi connectivity index (χ3n) is 3.02. The fourth-order valence-corrected chi connectivity index (χ4v) is 2.23. The molecule has 0 N–H and O–H groups in total. The second-order valence-corrected chi connectivity index (χ2v) is 3.98. The Balaban J connectivity index is 2.28. The highest BCUT2D eigenvalue weighted by Crippen LogP contribution is 2.30. The highest BCUT2D eigenvalue weighted by atomic mass is 16.5. The van der Waals surface area contributed by atoms with Crippen LogP contribution in [0.2, 0.25) is 0 Å². The maximum absolute atomic E-state index is 9.22. The summed E-state index contributed by atoms with van der Waals surface area (Å²) < 4.78 is 5.62. The number of nitrogens with zero attached hydrogens (tertiary/aromatic N) is 1. The summed E-state index contributed by atoms with van der Waals surface area (Å²) >= 11 is 0. The molecule has 1 unspecified atom stereocenters. The molecule has 1 aromatic rings. The molecule has 0 radical (unpaired) electrons. The number of fused-ring (bicyclic) bond motifs is 1. The molecule has 0 bridgehead atoms. The van der Waals surface area contributed by atoms with Gasteiger partial charge in [-0.05, 0) is 30.9 Å². The van der Waals surface area contributed by atoms with Crippen molar-refractivity contribution in [3.8, 4) is 6.07 Å². The fraction of sp³-hybridized carbons (Fsp3) is 0.462. The minimum absolute atomic E-state index is 0.580. The Labute approximate surface area is 90.5 Å². The number of ether oxygens (including phenoxy) is 1. The molecule has 2 rings (SSSR count). The van der Waals surface area contributed by atoms with Gasteiger partial charge in [-0.1, -0.05) is 24.3 Å². The second kappa shape index (κ2) is 4.04. The summed E-state index contributed by atoms with van der Waals surface area (Å²) in [5.74, 6) is 0. The zero-order chi connectivity index (χ0) is 10.7. The van der Waals surface area contributed by atoms with Crippen LogP contribution in [0.1, 0.15) is 24.5 Å². The molecule has 2 nitrogen and oxygen atoms in total. The molecule has 0 fully saturated rings. The molecule has 0 saturated heterocycles. The summed E-state index contributed by atoms with van der Waals surface area (Å²) in [4.78, 5) is 0. The molecule has 1 atom stereocenters. The van der Waals surface area contributed by atoms with E-state index in [4.69, 9.17) is 4.74 Å². The van der Waals surface area contributed by atoms with E-state index in [1.165, 1.54) is 11.1 Å². The third kappa shape index (κ3) is 1.88. The number of nitriles is 1. The predicted molar refractivity (Wildman–Crippen MR) is 58.4 cm³/mol. The van der Waals surface area contributed by atoms with Crippen molar-refractivity contribution in [3.05, 3.63) is 35.4 Å². The standard InChI is InChI=1S/C13H15NO/c1-2-15-13(10-14)8-7-11-5-3-4-6-12(11)9-13/h3-6H,2,7-9H2,1H3. The second-order valence-electron chi connectivity index (χ2n) is 3.98. The van der Waals surface area contributed by atoms with Gasteiger partial charge in [-0.25, -0.2) is 0 Å². The third-order valence-corrected chi connectivity index (χ3v) is 3.02. The Hall–Kier alpha value is -1.33. The molecule has 0 spiro atoms. The molecular formula is C13H15NO. The van der Waals surface area contributed by atoms with E-state index in [1.807, 2.05) is 13.0 Å². The lowest BCUT2D eigenvalue weighted by Crippen LogP contribution is -2.37. The van der Waals surface area contributed by atoms with Gasteiger partial charge in [0.1, 0.15) is 0 Å². The number of aryl methyl sites for hydroxylation is 1. The molecular weight excluding hydrogens is 186 g/mol. The monoisotopic (exact) mass is 201 g/mol. The Bertz CT molecular complexity index is 394. The molecule has 1 aromatic carbocycles. The van der Waals surface area contributed by atoms with Crippen LogP contribution in [-0.2, 0) is 17.6 Å². The minimum Gasteiger partial charge on any atom is -0.360 e. The summed E-state index contributed by atoms with van der Waals surface area (Å²) in [5.41, 5.74) is 2.05. The van der Waals surface area contributed by atoms with Crippen molar-refractivity contribution in [2.24, 2.45) is 0 Å². The molecule has 0 aliphatic heterocycles. The van der Waals surface area contributed by atoms with E-state index >= 15 is 0 Å². The Morgan fingerprint density at radius 2 is 2.13 bits per heavy atom. The first-order valence-electron chi connectivity index (χ1n) is 5.42. The maximum atomic E-state index is 9.22. The van der Waals surface area contributed by atoms with Crippen molar-refractivity contribution >= 4 is 0 Å². The van der Waals surface area contributed by atoms with Gasteiger partial charge in [0.05, 0.1) is 6.07 Å². The van der Waals surface area contributed by atoms with Crippen LogP contribution < -0.4 is 0 Å². The molecule has 0 aromatic heterocycles. The number of hydrogen-bond donors (Lipinski definition) is 0. The first-order valence-corrected chi connectivity index (χ1v) is 5.42. The van der Waals surface area contributed by atoms with E-state index in [1.54, 1.807) is 0 Å². The van der Waals surface area contributed by atoms with Crippen LogP contribution >= 0.6 is 0 Å². The normalized spacial score (nSPS) is 24.3. The highest BCUT2D eigenvalue weighted by molar-refractivity contribution is 5.33. The summed E-state index contributed by atoms with van der Waals surface area (Å²) in [6, 6.07) is 10.7. The van der Waals surface area contributed by atoms with E-state index < -0.39 is 5.60 Å². The maximum Gasteiger partial charge on any atom is 0.158 e. The number of rotatable bonds is 2. The molecule has 1 aliphatic rings. The van der Waals surface area contributed by atoms with Gasteiger partial charge in [0.2, 0.25) is 0 Å². The Morgan fingerprint density at radius 3 is 2.80 bits per heavy atom. The molecule has 0 saturated carbocycles. The van der Waals surface area contributed by atoms with Gasteiger partial charge in [-0.2, -0.15) is 5.26 Å². The summed E-state index contributed by atoms with van der Waals surface area (Å²) in [5, 5.41) is 9.22. The number of benzene rings is 1. The first kappa shape index (κ1) is 10.2. The van der Waals surface area contributed by atoms with Crippen molar-refractivity contribution < 1.29 is 4.74 Å². The zero-order valence-corrected chi connectivity index (χ0v) is 8.99. The lowest BCUT2D eigenvalue weighted by Gasteiger charge is -2.31. The zero-order valence-electron chi connectivity index (χ0n) is 8.99. The van der Waals surface area contributed by atoms with Crippen LogP contribution in [0.15, 0.2) is 24.3 Å². The molecule has 78 valence electrons. The molecule has 2 heteroatoms. The van der Waals surface area contributed by atoms with Gasteiger partial charge in [0, 0.05) is 13.0 Å². The van der Waals surface area contributed by atoms with Crippen LogP contribution in [0.4, 0.5) is 0 Å².